The first-order chi connectivity index (χ1) is 2.77. The van der Waals surface area contributed by atoms with Crippen LogP contribution >= 0.6 is 0 Å². The van der Waals surface area contributed by atoms with Crippen LogP contribution in [-0.2, 0) is 4.74 Å². The van der Waals surface area contributed by atoms with Crippen LogP contribution in [0.2, 0.25) is 0 Å². The van der Waals surface area contributed by atoms with E-state index in [-0.39, 0.29) is 6.10 Å². The molecule has 1 N–H and O–H groups in total. The summed E-state index contributed by atoms with van der Waals surface area (Å²) in [5, 5.41) is 7.89. The lowest BCUT2D eigenvalue weighted by Gasteiger charge is -1.98. The summed E-state index contributed by atoms with van der Waals surface area (Å²) in [5.74, 6) is 0. The maximum atomic E-state index is 7.89. The Hall–Kier alpha value is -0.0800. The number of ether oxygens (including phenoxy) is 1. The molecule has 0 spiro atoms. The summed E-state index contributed by atoms with van der Waals surface area (Å²) in [5.41, 5.74) is 0. The minimum atomic E-state index is 0.0926. The van der Waals surface area contributed by atoms with Crippen molar-refractivity contribution in [2.24, 2.45) is 0 Å². The standard InChI is InChI=1S/C4H9O2/c1-4(2)6-3-5/h3-5H,1-2H3. The Kier molecular flexibility index (Phi) is 3.08. The van der Waals surface area contributed by atoms with Gasteiger partial charge >= 0.3 is 0 Å². The molecule has 0 aromatic carbocycles. The summed E-state index contributed by atoms with van der Waals surface area (Å²) in [6.45, 7) is 4.38. The van der Waals surface area contributed by atoms with Crippen molar-refractivity contribution in [3.63, 3.8) is 0 Å². The van der Waals surface area contributed by atoms with Gasteiger partial charge in [0, 0.05) is 0 Å². The van der Waals surface area contributed by atoms with Crippen LogP contribution < -0.4 is 0 Å². The molecule has 0 aliphatic carbocycles. The van der Waals surface area contributed by atoms with Crippen molar-refractivity contribution in [3.8, 4) is 0 Å². The van der Waals surface area contributed by atoms with E-state index in [2.05, 4.69) is 4.74 Å². The highest BCUT2D eigenvalue weighted by atomic mass is 16.6. The van der Waals surface area contributed by atoms with Crippen LogP contribution in [0.3, 0.4) is 0 Å². The Morgan fingerprint density at radius 2 is 2.17 bits per heavy atom. The molecule has 1 radical (unpaired) electrons. The van der Waals surface area contributed by atoms with Crippen LogP contribution in [0.25, 0.3) is 0 Å². The molecule has 0 heterocycles. The summed E-state index contributed by atoms with van der Waals surface area (Å²) < 4.78 is 4.47. The second kappa shape index (κ2) is 3.12. The summed E-state index contributed by atoms with van der Waals surface area (Å²) in [4.78, 5) is 0. The molecular weight excluding hydrogens is 80.0 g/mol. The highest BCUT2D eigenvalue weighted by molar-refractivity contribution is 4.33. The van der Waals surface area contributed by atoms with Crippen LogP contribution in [-0.4, -0.2) is 11.2 Å². The fraction of sp³-hybridized carbons (Fsp3) is 0.750. The Bertz CT molecular complexity index is 26.7. The van der Waals surface area contributed by atoms with Gasteiger partial charge in [0.2, 0.25) is 6.79 Å². The minimum absolute atomic E-state index is 0.0926. The highest BCUT2D eigenvalue weighted by Gasteiger charge is 1.85. The van der Waals surface area contributed by atoms with Gasteiger partial charge in [0.05, 0.1) is 6.10 Å². The van der Waals surface area contributed by atoms with Crippen LogP contribution in [0.15, 0.2) is 0 Å². The summed E-state index contributed by atoms with van der Waals surface area (Å²) >= 11 is 0. The van der Waals surface area contributed by atoms with E-state index >= 15 is 0 Å². The van der Waals surface area contributed by atoms with Gasteiger partial charge in [-0.2, -0.15) is 0 Å². The Balaban J connectivity index is 2.63. The topological polar surface area (TPSA) is 29.5 Å². The zero-order chi connectivity index (χ0) is 4.99. The molecule has 0 aliphatic rings. The van der Waals surface area contributed by atoms with Gasteiger partial charge in [-0.05, 0) is 13.8 Å². The summed E-state index contributed by atoms with van der Waals surface area (Å²) in [6, 6.07) is 0. The minimum Gasteiger partial charge on any atom is -0.364 e. The first-order valence-electron chi connectivity index (χ1n) is 1.88. The normalized spacial score (nSPS) is 10.0. The Morgan fingerprint density at radius 3 is 2.17 bits per heavy atom. The van der Waals surface area contributed by atoms with Crippen molar-refractivity contribution < 1.29 is 9.84 Å². The number of rotatable bonds is 2. The number of hydrogen-bond donors (Lipinski definition) is 1. The van der Waals surface area contributed by atoms with E-state index in [1.165, 1.54) is 0 Å². The molecule has 2 nitrogen and oxygen atoms in total. The highest BCUT2D eigenvalue weighted by Crippen LogP contribution is 1.85. The van der Waals surface area contributed by atoms with Crippen LogP contribution in [0.1, 0.15) is 13.8 Å². The van der Waals surface area contributed by atoms with Gasteiger partial charge in [-0.1, -0.05) is 0 Å². The first-order valence-corrected chi connectivity index (χ1v) is 1.88. The largest absolute Gasteiger partial charge is 0.364 e. The SMILES string of the molecule is CC(C)O[CH]O. The third kappa shape index (κ3) is 3.92. The second-order valence-corrected chi connectivity index (χ2v) is 1.29. The van der Waals surface area contributed by atoms with Gasteiger partial charge in [0.25, 0.3) is 0 Å². The quantitative estimate of drug-likeness (QED) is 0.544. The van der Waals surface area contributed by atoms with Crippen LogP contribution in [0, 0.1) is 6.79 Å². The van der Waals surface area contributed by atoms with E-state index in [0.29, 0.717) is 6.79 Å². The molecule has 0 aromatic rings. The molecule has 0 saturated carbocycles. The van der Waals surface area contributed by atoms with E-state index in [4.69, 9.17) is 5.11 Å². The average molecular weight is 89.1 g/mol. The molecule has 0 atom stereocenters. The zero-order valence-corrected chi connectivity index (χ0v) is 4.01. The average Bonchev–Trinajstić information content (AvgIpc) is 1.35. The third-order valence-electron chi connectivity index (χ3n) is 0.333. The molecule has 0 unspecified atom stereocenters. The summed E-state index contributed by atoms with van der Waals surface area (Å²) in [6.07, 6.45) is 0.0926. The lowest BCUT2D eigenvalue weighted by Crippen LogP contribution is -1.97. The van der Waals surface area contributed by atoms with Crippen LogP contribution in [0.5, 0.6) is 0 Å². The molecule has 2 heteroatoms. The number of aliphatic hydroxyl groups is 1. The van der Waals surface area contributed by atoms with Gasteiger partial charge in [-0.3, -0.25) is 0 Å². The molecule has 0 rings (SSSR count). The Morgan fingerprint density at radius 1 is 1.67 bits per heavy atom. The number of aliphatic hydroxyl groups excluding tert-OH is 1. The van der Waals surface area contributed by atoms with Gasteiger partial charge in [0.15, 0.2) is 0 Å². The lowest BCUT2D eigenvalue weighted by atomic mass is 10.5. The van der Waals surface area contributed by atoms with Crippen molar-refractivity contribution in [1.82, 2.24) is 0 Å². The molecule has 0 saturated heterocycles. The van der Waals surface area contributed by atoms with Gasteiger partial charge < -0.3 is 9.84 Å². The fourth-order valence-electron chi connectivity index (χ4n) is 0.122. The van der Waals surface area contributed by atoms with Crippen molar-refractivity contribution in [2.45, 2.75) is 20.0 Å². The monoisotopic (exact) mass is 89.1 g/mol. The van der Waals surface area contributed by atoms with Gasteiger partial charge in [-0.25, -0.2) is 0 Å². The predicted octanol–water partition coefficient (Wildman–Crippen LogP) is 0.903. The van der Waals surface area contributed by atoms with Crippen LogP contribution in [0.4, 0.5) is 0 Å². The fourth-order valence-corrected chi connectivity index (χ4v) is 0.122. The van der Waals surface area contributed by atoms with E-state index in [1.54, 1.807) is 0 Å². The van der Waals surface area contributed by atoms with Gasteiger partial charge in [-0.15, -0.1) is 0 Å². The summed E-state index contributed by atoms with van der Waals surface area (Å²) in [7, 11) is 0. The number of hydrogen-bond acceptors (Lipinski definition) is 2. The van der Waals surface area contributed by atoms with E-state index < -0.39 is 0 Å². The van der Waals surface area contributed by atoms with Crippen molar-refractivity contribution >= 4 is 0 Å². The van der Waals surface area contributed by atoms with Crippen molar-refractivity contribution in [1.29, 1.82) is 0 Å². The molecule has 0 aliphatic heterocycles. The maximum absolute atomic E-state index is 7.89. The smallest absolute Gasteiger partial charge is 0.206 e. The van der Waals surface area contributed by atoms with E-state index in [1.807, 2.05) is 13.8 Å². The maximum Gasteiger partial charge on any atom is 0.206 e. The molecule has 0 amide bonds. The third-order valence-corrected chi connectivity index (χ3v) is 0.333. The lowest BCUT2D eigenvalue weighted by molar-refractivity contribution is 0.0381. The van der Waals surface area contributed by atoms with Crippen molar-refractivity contribution in [3.05, 3.63) is 6.79 Å². The molecular formula is C4H9O2. The van der Waals surface area contributed by atoms with E-state index in [9.17, 15) is 0 Å². The van der Waals surface area contributed by atoms with Gasteiger partial charge in [0.1, 0.15) is 0 Å². The second-order valence-electron chi connectivity index (χ2n) is 1.29. The van der Waals surface area contributed by atoms with Crippen molar-refractivity contribution in [2.75, 3.05) is 0 Å². The molecule has 0 aromatic heterocycles. The molecule has 0 fully saturated rings. The molecule has 37 valence electrons. The van der Waals surface area contributed by atoms with E-state index in [0.717, 1.165) is 0 Å². The molecule has 6 heavy (non-hydrogen) atoms. The first kappa shape index (κ1) is 5.92. The predicted molar refractivity (Wildman–Crippen MR) is 22.5 cm³/mol. The zero-order valence-electron chi connectivity index (χ0n) is 4.01. The Labute approximate surface area is 37.7 Å². The molecule has 0 bridgehead atoms.